The first-order chi connectivity index (χ1) is 16.7. The summed E-state index contributed by atoms with van der Waals surface area (Å²) < 4.78 is 3.49. The Balaban J connectivity index is 1.32. The molecule has 1 fully saturated rings. The fourth-order valence-electron chi connectivity index (χ4n) is 5.36. The molecular weight excluding hydrogens is 444 g/mol. The normalized spacial score (nSPS) is 17.8. The Morgan fingerprint density at radius 3 is 2.49 bits per heavy atom. The number of nitrogens with one attached hydrogen (secondary N) is 1. The lowest BCUT2D eigenvalue weighted by Gasteiger charge is -2.46. The molecule has 0 unspecified atom stereocenters. The van der Waals surface area contributed by atoms with Crippen LogP contribution in [0.25, 0.3) is 39.3 Å². The predicted octanol–water partition coefficient (Wildman–Crippen LogP) is 3.18. The van der Waals surface area contributed by atoms with Gasteiger partial charge in [-0.15, -0.1) is 25.5 Å². The van der Waals surface area contributed by atoms with Crippen molar-refractivity contribution < 1.29 is 5.11 Å². The minimum Gasteiger partial charge on any atom is -0.507 e. The van der Waals surface area contributed by atoms with Gasteiger partial charge in [-0.3, -0.25) is 0 Å². The van der Waals surface area contributed by atoms with Gasteiger partial charge in [0.25, 0.3) is 0 Å². The molecule has 2 N–H and O–H groups in total. The molecule has 11 nitrogen and oxygen atoms in total. The summed E-state index contributed by atoms with van der Waals surface area (Å²) in [5.74, 6) is 0.0797. The Labute approximate surface area is 201 Å². The molecule has 0 saturated carbocycles. The molecule has 178 valence electrons. The van der Waals surface area contributed by atoms with Gasteiger partial charge in [-0.05, 0) is 70.9 Å². The van der Waals surface area contributed by atoms with E-state index in [9.17, 15) is 5.11 Å². The molecule has 1 aliphatic rings. The van der Waals surface area contributed by atoms with Crippen molar-refractivity contribution >= 4 is 16.8 Å². The lowest BCUT2D eigenvalue weighted by atomic mass is 9.80. The maximum atomic E-state index is 10.8. The summed E-state index contributed by atoms with van der Waals surface area (Å²) in [5, 5.41) is 44.5. The van der Waals surface area contributed by atoms with Crippen LogP contribution < -0.4 is 5.32 Å². The largest absolute Gasteiger partial charge is 0.507 e. The second-order valence-corrected chi connectivity index (χ2v) is 10.5. The third-order valence-electron chi connectivity index (χ3n) is 6.47. The van der Waals surface area contributed by atoms with Crippen LogP contribution in [0.2, 0.25) is 0 Å². The minimum absolute atomic E-state index is 0.0284. The van der Waals surface area contributed by atoms with Gasteiger partial charge in [-0.1, -0.05) is 11.3 Å². The molecule has 0 spiro atoms. The van der Waals surface area contributed by atoms with E-state index in [-0.39, 0.29) is 22.9 Å². The van der Waals surface area contributed by atoms with Crippen LogP contribution in [0.1, 0.15) is 46.6 Å². The number of hydrogen-bond donors (Lipinski definition) is 2. The number of piperidine rings is 1. The number of phenolic OH excluding ortho intramolecular Hbond substituents is 1. The van der Waals surface area contributed by atoms with Crippen LogP contribution in [-0.4, -0.2) is 61.2 Å². The van der Waals surface area contributed by atoms with Gasteiger partial charge in [0, 0.05) is 22.2 Å². The minimum atomic E-state index is -0.0284. The summed E-state index contributed by atoms with van der Waals surface area (Å²) in [6, 6.07) is 11.0. The molecule has 4 aromatic heterocycles. The van der Waals surface area contributed by atoms with Crippen molar-refractivity contribution in [2.24, 2.45) is 0 Å². The van der Waals surface area contributed by atoms with E-state index >= 15 is 0 Å². The van der Waals surface area contributed by atoms with E-state index in [1.807, 2.05) is 28.9 Å². The van der Waals surface area contributed by atoms with Crippen LogP contribution in [-0.2, 0) is 0 Å². The van der Waals surface area contributed by atoms with Crippen LogP contribution in [0, 0.1) is 0 Å². The van der Waals surface area contributed by atoms with E-state index in [1.54, 1.807) is 16.6 Å². The molecule has 0 amide bonds. The molecule has 35 heavy (non-hydrogen) atoms. The molecule has 5 aromatic rings. The lowest BCUT2D eigenvalue weighted by molar-refractivity contribution is 0.127. The second-order valence-electron chi connectivity index (χ2n) is 10.5. The van der Waals surface area contributed by atoms with Crippen LogP contribution >= 0.6 is 0 Å². The summed E-state index contributed by atoms with van der Waals surface area (Å²) in [4.78, 5) is 0. The van der Waals surface area contributed by atoms with Gasteiger partial charge in [-0.25, -0.2) is 4.68 Å². The Bertz CT molecular complexity index is 1550. The van der Waals surface area contributed by atoms with Crippen molar-refractivity contribution in [1.82, 2.24) is 50.3 Å². The Morgan fingerprint density at radius 1 is 0.914 bits per heavy atom. The second kappa shape index (κ2) is 7.51. The highest BCUT2D eigenvalue weighted by Crippen LogP contribution is 2.37. The first-order valence-corrected chi connectivity index (χ1v) is 11.6. The molecule has 1 aliphatic heterocycles. The van der Waals surface area contributed by atoms with E-state index in [0.717, 1.165) is 18.4 Å². The highest BCUT2D eigenvalue weighted by atomic mass is 16.3. The van der Waals surface area contributed by atoms with Crippen molar-refractivity contribution in [3.63, 3.8) is 0 Å². The van der Waals surface area contributed by atoms with Crippen molar-refractivity contribution in [2.75, 3.05) is 0 Å². The zero-order valence-electron chi connectivity index (χ0n) is 20.0. The van der Waals surface area contributed by atoms with Crippen LogP contribution in [0.5, 0.6) is 5.75 Å². The number of fused-ring (bicyclic) bond motifs is 2. The van der Waals surface area contributed by atoms with Crippen LogP contribution in [0.15, 0.2) is 42.7 Å². The quantitative estimate of drug-likeness (QED) is 0.408. The van der Waals surface area contributed by atoms with Crippen molar-refractivity contribution in [3.8, 4) is 28.3 Å². The van der Waals surface area contributed by atoms with E-state index in [0.29, 0.717) is 33.8 Å². The summed E-state index contributed by atoms with van der Waals surface area (Å²) in [6.07, 6.45) is 3.36. The van der Waals surface area contributed by atoms with Gasteiger partial charge < -0.3 is 10.4 Å². The average molecular weight is 471 g/mol. The molecule has 0 radical (unpaired) electrons. The summed E-state index contributed by atoms with van der Waals surface area (Å²) in [6.45, 7) is 8.82. The number of nitrogens with zero attached hydrogens (tertiary/aromatic N) is 9. The van der Waals surface area contributed by atoms with Gasteiger partial charge in [0.15, 0.2) is 5.65 Å². The lowest BCUT2D eigenvalue weighted by Crippen LogP contribution is -2.58. The smallest absolute Gasteiger partial charge is 0.201 e. The fourth-order valence-corrected chi connectivity index (χ4v) is 5.36. The maximum absolute atomic E-state index is 10.8. The molecule has 0 bridgehead atoms. The van der Waals surface area contributed by atoms with E-state index < -0.39 is 0 Å². The monoisotopic (exact) mass is 470 g/mol. The van der Waals surface area contributed by atoms with Gasteiger partial charge in [-0.2, -0.15) is 9.61 Å². The van der Waals surface area contributed by atoms with E-state index in [4.69, 9.17) is 0 Å². The van der Waals surface area contributed by atoms with Crippen LogP contribution in [0.3, 0.4) is 0 Å². The Morgan fingerprint density at radius 2 is 1.71 bits per heavy atom. The van der Waals surface area contributed by atoms with Gasteiger partial charge in [0.1, 0.15) is 17.6 Å². The molecule has 1 saturated heterocycles. The Hall–Kier alpha value is -3.99. The average Bonchev–Trinajstić information content (AvgIpc) is 3.43. The first-order valence-electron chi connectivity index (χ1n) is 11.6. The highest BCUT2D eigenvalue weighted by molar-refractivity contribution is 5.79. The number of phenols is 1. The number of rotatable bonds is 3. The molecule has 1 aromatic carbocycles. The number of benzene rings is 1. The number of hydrogen-bond acceptors (Lipinski definition) is 9. The molecule has 5 heterocycles. The van der Waals surface area contributed by atoms with Gasteiger partial charge in [0.05, 0.1) is 17.4 Å². The topological polar surface area (TPSA) is 132 Å². The SMILES string of the molecule is CC1(C)CC(n2nnc3cc(-c4ccc(-c5ccc6nncn6n5)cc4O)nnc32)CC(C)(C)N1. The molecule has 0 aliphatic carbocycles. The zero-order valence-corrected chi connectivity index (χ0v) is 20.0. The number of aromatic hydroxyl groups is 1. The third kappa shape index (κ3) is 3.87. The first kappa shape index (κ1) is 21.5. The van der Waals surface area contributed by atoms with Crippen molar-refractivity contribution in [1.29, 1.82) is 0 Å². The predicted molar refractivity (Wildman–Crippen MR) is 130 cm³/mol. The van der Waals surface area contributed by atoms with Gasteiger partial charge in [0.2, 0.25) is 5.65 Å². The van der Waals surface area contributed by atoms with E-state index in [1.165, 1.54) is 6.33 Å². The van der Waals surface area contributed by atoms with Gasteiger partial charge >= 0.3 is 0 Å². The third-order valence-corrected chi connectivity index (χ3v) is 6.47. The zero-order chi connectivity index (χ0) is 24.4. The summed E-state index contributed by atoms with van der Waals surface area (Å²) in [5.41, 5.74) is 4.44. The summed E-state index contributed by atoms with van der Waals surface area (Å²) >= 11 is 0. The van der Waals surface area contributed by atoms with Crippen molar-refractivity contribution in [2.45, 2.75) is 57.7 Å². The number of aromatic nitrogens is 9. The highest BCUT2D eigenvalue weighted by Gasteiger charge is 2.39. The van der Waals surface area contributed by atoms with Crippen LogP contribution in [0.4, 0.5) is 0 Å². The van der Waals surface area contributed by atoms with E-state index in [2.05, 4.69) is 68.8 Å². The molecule has 11 heteroatoms. The Kier molecular flexibility index (Phi) is 4.62. The molecular formula is C24H26N10O. The molecule has 6 rings (SSSR count). The summed E-state index contributed by atoms with van der Waals surface area (Å²) in [7, 11) is 0. The fraction of sp³-hybridized carbons (Fsp3) is 0.375. The molecule has 0 atom stereocenters. The van der Waals surface area contributed by atoms with Crippen molar-refractivity contribution in [3.05, 3.63) is 42.7 Å². The standard InChI is InChI=1S/C24H26N10O/c1-23(2)11-15(12-24(3,4)31-23)34-22-19(27-32-34)10-18(26-29-22)16-6-5-14(9-20(16)35)17-7-8-21-28-25-13-33(21)30-17/h5-10,13,15,31,35H,11-12H2,1-4H3. The maximum Gasteiger partial charge on any atom is 0.201 e.